The van der Waals surface area contributed by atoms with Gasteiger partial charge < -0.3 is 9.31 Å². The molecule has 112 valence electrons. The van der Waals surface area contributed by atoms with Crippen LogP contribution >= 0.6 is 0 Å². The van der Waals surface area contributed by atoms with E-state index in [0.717, 1.165) is 0 Å². The molecule has 0 spiro atoms. The molecular formula is C17H29BO2. The van der Waals surface area contributed by atoms with Gasteiger partial charge >= 0.3 is 7.12 Å². The number of hydrogen-bond acceptors (Lipinski definition) is 2. The first kappa shape index (κ1) is 15.8. The molecule has 1 aliphatic heterocycles. The summed E-state index contributed by atoms with van der Waals surface area (Å²) >= 11 is 0. The van der Waals surface area contributed by atoms with Gasteiger partial charge in [-0.15, -0.1) is 0 Å². The highest BCUT2D eigenvalue weighted by atomic mass is 16.7. The average Bonchev–Trinajstić information content (AvgIpc) is 2.56. The van der Waals surface area contributed by atoms with Gasteiger partial charge in [0, 0.05) is 0 Å². The van der Waals surface area contributed by atoms with Crippen LogP contribution in [0.25, 0.3) is 0 Å². The van der Waals surface area contributed by atoms with Crippen LogP contribution < -0.4 is 0 Å². The van der Waals surface area contributed by atoms with E-state index < -0.39 is 0 Å². The van der Waals surface area contributed by atoms with Crippen LogP contribution in [0.1, 0.15) is 73.6 Å². The Kier molecular flexibility index (Phi) is 4.51. The second kappa shape index (κ2) is 5.69. The van der Waals surface area contributed by atoms with E-state index in [4.69, 9.17) is 9.31 Å². The average molecular weight is 276 g/mol. The minimum atomic E-state index is -0.256. The third kappa shape index (κ3) is 3.20. The molecule has 0 aromatic carbocycles. The molecule has 2 nitrogen and oxygen atoms in total. The first-order valence-corrected chi connectivity index (χ1v) is 7.95. The van der Waals surface area contributed by atoms with Crippen LogP contribution in [0.4, 0.5) is 0 Å². The molecule has 1 saturated heterocycles. The summed E-state index contributed by atoms with van der Waals surface area (Å²) in [5.74, 6) is 0. The Balaban J connectivity index is 2.32. The maximum Gasteiger partial charge on any atom is 0.494 e. The lowest BCUT2D eigenvalue weighted by atomic mass is 9.71. The lowest BCUT2D eigenvalue weighted by molar-refractivity contribution is 0.00578. The Labute approximate surface area is 124 Å². The van der Waals surface area contributed by atoms with Crippen LogP contribution in [0.5, 0.6) is 0 Å². The largest absolute Gasteiger partial charge is 0.494 e. The van der Waals surface area contributed by atoms with Crippen LogP contribution in [0.2, 0.25) is 0 Å². The molecule has 0 radical (unpaired) electrons. The highest BCUT2D eigenvalue weighted by Gasteiger charge is 2.52. The third-order valence-electron chi connectivity index (χ3n) is 4.82. The SMILES string of the molecule is CC(C)=CC(B1OC(C)(C)C(C)(C)O1)=C1CCCCC1. The standard InChI is InChI=1S/C17H29BO2/c1-13(2)12-15(14-10-8-7-9-11-14)18-19-16(3,4)17(5,6)20-18/h12H,7-11H2,1-6H3. The maximum absolute atomic E-state index is 6.26. The molecule has 0 bridgehead atoms. The smallest absolute Gasteiger partial charge is 0.399 e. The zero-order valence-electron chi connectivity index (χ0n) is 14.0. The minimum Gasteiger partial charge on any atom is -0.399 e. The Morgan fingerprint density at radius 1 is 0.950 bits per heavy atom. The fourth-order valence-corrected chi connectivity index (χ4v) is 2.89. The topological polar surface area (TPSA) is 18.5 Å². The van der Waals surface area contributed by atoms with E-state index >= 15 is 0 Å². The molecule has 20 heavy (non-hydrogen) atoms. The van der Waals surface area contributed by atoms with Crippen molar-refractivity contribution in [3.05, 3.63) is 22.7 Å². The zero-order chi connectivity index (χ0) is 15.0. The number of rotatable bonds is 2. The van der Waals surface area contributed by atoms with Crippen molar-refractivity contribution in [2.45, 2.75) is 84.8 Å². The van der Waals surface area contributed by atoms with Crippen LogP contribution in [0, 0.1) is 0 Å². The van der Waals surface area contributed by atoms with E-state index in [9.17, 15) is 0 Å². The van der Waals surface area contributed by atoms with Gasteiger partial charge in [0.2, 0.25) is 0 Å². The van der Waals surface area contributed by atoms with Crippen molar-refractivity contribution in [1.29, 1.82) is 0 Å². The summed E-state index contributed by atoms with van der Waals surface area (Å²) in [7, 11) is -0.206. The molecule has 0 atom stereocenters. The molecule has 2 fully saturated rings. The number of allylic oxidation sites excluding steroid dienone is 4. The van der Waals surface area contributed by atoms with Crippen LogP contribution in [0.15, 0.2) is 22.7 Å². The van der Waals surface area contributed by atoms with Gasteiger partial charge in [0.05, 0.1) is 11.2 Å². The van der Waals surface area contributed by atoms with E-state index in [1.807, 2.05) is 0 Å². The highest BCUT2D eigenvalue weighted by molar-refractivity contribution is 6.55. The highest BCUT2D eigenvalue weighted by Crippen LogP contribution is 2.40. The van der Waals surface area contributed by atoms with Gasteiger partial charge in [-0.25, -0.2) is 0 Å². The first-order valence-electron chi connectivity index (χ1n) is 7.95. The molecule has 0 amide bonds. The van der Waals surface area contributed by atoms with Gasteiger partial charge in [-0.05, 0) is 72.7 Å². The lowest BCUT2D eigenvalue weighted by Crippen LogP contribution is -2.41. The second-order valence-corrected chi connectivity index (χ2v) is 7.43. The maximum atomic E-state index is 6.26. The summed E-state index contributed by atoms with van der Waals surface area (Å²) in [6.07, 6.45) is 8.62. The predicted octanol–water partition coefficient (Wildman–Crippen LogP) is 4.84. The Hall–Kier alpha value is -0.535. The van der Waals surface area contributed by atoms with Gasteiger partial charge in [0.25, 0.3) is 0 Å². The minimum absolute atomic E-state index is 0.206. The van der Waals surface area contributed by atoms with E-state index in [2.05, 4.69) is 47.6 Å². The molecule has 1 aliphatic carbocycles. The van der Waals surface area contributed by atoms with Crippen LogP contribution in [-0.2, 0) is 9.31 Å². The van der Waals surface area contributed by atoms with Crippen molar-refractivity contribution >= 4 is 7.12 Å². The third-order valence-corrected chi connectivity index (χ3v) is 4.82. The normalized spacial score (nSPS) is 24.7. The van der Waals surface area contributed by atoms with E-state index in [0.29, 0.717) is 0 Å². The molecule has 0 aromatic rings. The summed E-state index contributed by atoms with van der Waals surface area (Å²) in [6.45, 7) is 12.8. The molecule has 2 rings (SSSR count). The predicted molar refractivity (Wildman–Crippen MR) is 85.6 cm³/mol. The Morgan fingerprint density at radius 3 is 1.90 bits per heavy atom. The van der Waals surface area contributed by atoms with Crippen molar-refractivity contribution in [2.24, 2.45) is 0 Å². The fraction of sp³-hybridized carbons (Fsp3) is 0.765. The zero-order valence-corrected chi connectivity index (χ0v) is 14.0. The molecule has 0 N–H and O–H groups in total. The Morgan fingerprint density at radius 2 is 1.45 bits per heavy atom. The van der Waals surface area contributed by atoms with E-state index in [-0.39, 0.29) is 18.3 Å². The quantitative estimate of drug-likeness (QED) is 0.671. The molecular weight excluding hydrogens is 247 g/mol. The molecule has 1 saturated carbocycles. The molecule has 0 aromatic heterocycles. The van der Waals surface area contributed by atoms with Crippen LogP contribution in [0.3, 0.4) is 0 Å². The Bertz CT molecular complexity index is 404. The van der Waals surface area contributed by atoms with Gasteiger partial charge in [-0.2, -0.15) is 0 Å². The van der Waals surface area contributed by atoms with Crippen molar-refractivity contribution in [3.63, 3.8) is 0 Å². The molecule has 1 heterocycles. The first-order chi connectivity index (χ1) is 9.23. The summed E-state index contributed by atoms with van der Waals surface area (Å²) in [4.78, 5) is 0. The molecule has 0 unspecified atom stereocenters. The fourth-order valence-electron chi connectivity index (χ4n) is 2.89. The second-order valence-electron chi connectivity index (χ2n) is 7.43. The monoisotopic (exact) mass is 276 g/mol. The van der Waals surface area contributed by atoms with Crippen LogP contribution in [-0.4, -0.2) is 18.3 Å². The van der Waals surface area contributed by atoms with E-state index in [1.54, 1.807) is 0 Å². The van der Waals surface area contributed by atoms with Gasteiger partial charge in [0.15, 0.2) is 0 Å². The van der Waals surface area contributed by atoms with Gasteiger partial charge in [0.1, 0.15) is 0 Å². The van der Waals surface area contributed by atoms with Crippen molar-refractivity contribution in [2.75, 3.05) is 0 Å². The number of hydrogen-bond donors (Lipinski definition) is 0. The summed E-state index contributed by atoms with van der Waals surface area (Å²) in [6, 6.07) is 0. The van der Waals surface area contributed by atoms with E-state index in [1.165, 1.54) is 48.7 Å². The molecule has 2 aliphatic rings. The van der Waals surface area contributed by atoms with Gasteiger partial charge in [-0.3, -0.25) is 0 Å². The van der Waals surface area contributed by atoms with Crippen molar-refractivity contribution < 1.29 is 9.31 Å². The lowest BCUT2D eigenvalue weighted by Gasteiger charge is -2.32. The van der Waals surface area contributed by atoms with Crippen molar-refractivity contribution in [3.8, 4) is 0 Å². The summed E-state index contributed by atoms with van der Waals surface area (Å²) < 4.78 is 12.5. The summed E-state index contributed by atoms with van der Waals surface area (Å²) in [5, 5.41) is 0. The summed E-state index contributed by atoms with van der Waals surface area (Å²) in [5.41, 5.74) is 3.62. The van der Waals surface area contributed by atoms with Gasteiger partial charge in [-0.1, -0.05) is 23.6 Å². The van der Waals surface area contributed by atoms with Crippen molar-refractivity contribution in [1.82, 2.24) is 0 Å². The molecule has 3 heteroatoms.